The maximum absolute atomic E-state index is 5.99. The number of likely N-dealkylation sites (N-methyl/N-ethyl adjacent to an activating group) is 1. The summed E-state index contributed by atoms with van der Waals surface area (Å²) in [5.41, 5.74) is 0. The van der Waals surface area contributed by atoms with Crippen molar-refractivity contribution in [2.24, 2.45) is 0 Å². The summed E-state index contributed by atoms with van der Waals surface area (Å²) in [5, 5.41) is 4.09. The van der Waals surface area contributed by atoms with Crippen LogP contribution >= 0.6 is 11.6 Å². The van der Waals surface area contributed by atoms with Crippen LogP contribution in [0.25, 0.3) is 0 Å². The predicted molar refractivity (Wildman–Crippen MR) is 67.2 cm³/mol. The summed E-state index contributed by atoms with van der Waals surface area (Å²) in [6, 6.07) is 8.08. The molecule has 1 aliphatic rings. The van der Waals surface area contributed by atoms with Gasteiger partial charge >= 0.3 is 0 Å². The van der Waals surface area contributed by atoms with Crippen molar-refractivity contribution in [2.75, 3.05) is 7.05 Å². The monoisotopic (exact) mass is 239 g/mol. The Morgan fingerprint density at radius 2 is 1.88 bits per heavy atom. The summed E-state index contributed by atoms with van der Waals surface area (Å²) < 4.78 is 5.99. The van der Waals surface area contributed by atoms with Crippen LogP contribution in [0.3, 0.4) is 0 Å². The van der Waals surface area contributed by atoms with E-state index < -0.39 is 0 Å². The Morgan fingerprint density at radius 1 is 1.19 bits per heavy atom. The third kappa shape index (κ3) is 2.89. The van der Waals surface area contributed by atoms with Crippen LogP contribution < -0.4 is 10.1 Å². The fourth-order valence-corrected chi connectivity index (χ4v) is 2.38. The first-order valence-corrected chi connectivity index (χ1v) is 6.27. The molecule has 2 nitrogen and oxygen atoms in total. The highest BCUT2D eigenvalue weighted by Gasteiger charge is 2.25. The molecule has 2 unspecified atom stereocenters. The zero-order valence-corrected chi connectivity index (χ0v) is 10.3. The summed E-state index contributed by atoms with van der Waals surface area (Å²) >= 11 is 5.84. The zero-order chi connectivity index (χ0) is 11.4. The topological polar surface area (TPSA) is 21.3 Å². The predicted octanol–water partition coefficient (Wildman–Crippen LogP) is 3.25. The lowest BCUT2D eigenvalue weighted by molar-refractivity contribution is 0.118. The molecule has 16 heavy (non-hydrogen) atoms. The number of benzene rings is 1. The second-order valence-electron chi connectivity index (χ2n) is 4.29. The van der Waals surface area contributed by atoms with Gasteiger partial charge in [0.15, 0.2) is 0 Å². The highest BCUT2D eigenvalue weighted by Crippen LogP contribution is 2.24. The lowest BCUT2D eigenvalue weighted by atomic mass is 9.92. The summed E-state index contributed by atoms with van der Waals surface area (Å²) in [6.45, 7) is 0. The highest BCUT2D eigenvalue weighted by atomic mass is 35.5. The van der Waals surface area contributed by atoms with E-state index in [4.69, 9.17) is 16.3 Å². The van der Waals surface area contributed by atoms with Gasteiger partial charge in [-0.25, -0.2) is 0 Å². The van der Waals surface area contributed by atoms with Crippen LogP contribution in [0.4, 0.5) is 0 Å². The lowest BCUT2D eigenvalue weighted by Crippen LogP contribution is -2.43. The van der Waals surface area contributed by atoms with E-state index in [2.05, 4.69) is 5.32 Å². The molecule has 1 aromatic rings. The van der Waals surface area contributed by atoms with Gasteiger partial charge in [0.05, 0.1) is 0 Å². The van der Waals surface area contributed by atoms with Crippen molar-refractivity contribution in [3.8, 4) is 5.75 Å². The van der Waals surface area contributed by atoms with Crippen molar-refractivity contribution in [1.29, 1.82) is 0 Å². The second kappa shape index (κ2) is 5.55. The Balaban J connectivity index is 1.99. The molecule has 1 N–H and O–H groups in total. The second-order valence-corrected chi connectivity index (χ2v) is 4.73. The van der Waals surface area contributed by atoms with Gasteiger partial charge in [0.2, 0.25) is 0 Å². The number of rotatable bonds is 3. The van der Waals surface area contributed by atoms with Crippen molar-refractivity contribution in [3.63, 3.8) is 0 Å². The van der Waals surface area contributed by atoms with E-state index in [1.165, 1.54) is 19.3 Å². The number of halogens is 1. The summed E-state index contributed by atoms with van der Waals surface area (Å²) in [6.07, 6.45) is 5.19. The van der Waals surface area contributed by atoms with Crippen LogP contribution in [-0.2, 0) is 0 Å². The minimum absolute atomic E-state index is 0.292. The number of ether oxygens (including phenoxy) is 1. The molecule has 0 radical (unpaired) electrons. The van der Waals surface area contributed by atoms with Crippen molar-refractivity contribution < 1.29 is 4.74 Å². The normalized spacial score (nSPS) is 25.4. The maximum Gasteiger partial charge on any atom is 0.119 e. The summed E-state index contributed by atoms with van der Waals surface area (Å²) in [4.78, 5) is 0. The highest BCUT2D eigenvalue weighted by molar-refractivity contribution is 6.30. The van der Waals surface area contributed by atoms with Crippen LogP contribution in [0.15, 0.2) is 24.3 Å². The largest absolute Gasteiger partial charge is 0.489 e. The Morgan fingerprint density at radius 3 is 2.56 bits per heavy atom. The van der Waals surface area contributed by atoms with Crippen molar-refractivity contribution in [3.05, 3.63) is 29.3 Å². The molecule has 1 aromatic carbocycles. The van der Waals surface area contributed by atoms with Crippen molar-refractivity contribution >= 4 is 11.6 Å². The molecule has 1 aliphatic carbocycles. The molecule has 2 atom stereocenters. The van der Waals surface area contributed by atoms with Gasteiger partial charge in [-0.05, 0) is 50.6 Å². The molecule has 0 bridgehead atoms. The number of nitrogens with one attached hydrogen (secondary N) is 1. The fraction of sp³-hybridized carbons (Fsp3) is 0.538. The SMILES string of the molecule is CNC1CCCCC1Oc1ccc(Cl)cc1. The van der Waals surface area contributed by atoms with E-state index >= 15 is 0 Å². The van der Waals surface area contributed by atoms with Crippen LogP contribution in [0.2, 0.25) is 5.02 Å². The van der Waals surface area contributed by atoms with E-state index in [0.29, 0.717) is 12.1 Å². The molecule has 0 aliphatic heterocycles. The molecular weight excluding hydrogens is 222 g/mol. The molecule has 3 heteroatoms. The quantitative estimate of drug-likeness (QED) is 0.875. The average Bonchev–Trinajstić information content (AvgIpc) is 2.33. The molecule has 0 heterocycles. The fourth-order valence-electron chi connectivity index (χ4n) is 2.26. The van der Waals surface area contributed by atoms with Gasteiger partial charge in [-0.1, -0.05) is 18.0 Å². The number of hydrogen-bond acceptors (Lipinski definition) is 2. The molecule has 1 fully saturated rings. The van der Waals surface area contributed by atoms with Gasteiger partial charge in [0.1, 0.15) is 11.9 Å². The first kappa shape index (κ1) is 11.7. The van der Waals surface area contributed by atoms with Crippen molar-refractivity contribution in [1.82, 2.24) is 5.32 Å². The lowest BCUT2D eigenvalue weighted by Gasteiger charge is -2.31. The molecule has 1 saturated carbocycles. The van der Waals surface area contributed by atoms with E-state index in [9.17, 15) is 0 Å². The molecule has 0 spiro atoms. The molecular formula is C13H18ClNO. The summed E-state index contributed by atoms with van der Waals surface area (Å²) in [7, 11) is 2.01. The average molecular weight is 240 g/mol. The van der Waals surface area contributed by atoms with E-state index in [1.54, 1.807) is 0 Å². The van der Waals surface area contributed by atoms with Gasteiger partial charge < -0.3 is 10.1 Å². The summed E-state index contributed by atoms with van der Waals surface area (Å²) in [5.74, 6) is 0.913. The molecule has 0 saturated heterocycles. The Labute approximate surface area is 102 Å². The standard InChI is InChI=1S/C13H18ClNO/c1-15-12-4-2-3-5-13(12)16-11-8-6-10(14)7-9-11/h6-9,12-13,15H,2-5H2,1H3. The van der Waals surface area contributed by atoms with Crippen LogP contribution in [0, 0.1) is 0 Å². The van der Waals surface area contributed by atoms with Crippen LogP contribution in [0.5, 0.6) is 5.75 Å². The van der Waals surface area contributed by atoms with Gasteiger partial charge in [-0.3, -0.25) is 0 Å². The third-order valence-electron chi connectivity index (χ3n) is 3.17. The first-order chi connectivity index (χ1) is 7.79. The van der Waals surface area contributed by atoms with E-state index in [1.807, 2.05) is 31.3 Å². The Bertz CT molecular complexity index is 325. The number of hydrogen-bond donors (Lipinski definition) is 1. The maximum atomic E-state index is 5.99. The zero-order valence-electron chi connectivity index (χ0n) is 9.58. The van der Waals surface area contributed by atoms with E-state index in [0.717, 1.165) is 17.2 Å². The Kier molecular flexibility index (Phi) is 4.08. The van der Waals surface area contributed by atoms with Gasteiger partial charge in [-0.2, -0.15) is 0 Å². The first-order valence-electron chi connectivity index (χ1n) is 5.89. The van der Waals surface area contributed by atoms with Gasteiger partial charge in [0.25, 0.3) is 0 Å². The smallest absolute Gasteiger partial charge is 0.119 e. The molecule has 0 aromatic heterocycles. The van der Waals surface area contributed by atoms with Crippen LogP contribution in [0.1, 0.15) is 25.7 Å². The molecule has 0 amide bonds. The molecule has 88 valence electrons. The third-order valence-corrected chi connectivity index (χ3v) is 3.43. The molecule has 2 rings (SSSR count). The van der Waals surface area contributed by atoms with Gasteiger partial charge in [0, 0.05) is 11.1 Å². The Hall–Kier alpha value is -0.730. The van der Waals surface area contributed by atoms with Gasteiger partial charge in [-0.15, -0.1) is 0 Å². The minimum atomic E-state index is 0.292. The minimum Gasteiger partial charge on any atom is -0.489 e. The van der Waals surface area contributed by atoms with Crippen molar-refractivity contribution in [2.45, 2.75) is 37.8 Å². The van der Waals surface area contributed by atoms with E-state index in [-0.39, 0.29) is 0 Å². The van der Waals surface area contributed by atoms with Crippen LogP contribution in [-0.4, -0.2) is 19.2 Å².